The van der Waals surface area contributed by atoms with Gasteiger partial charge < -0.3 is 19.1 Å². The van der Waals surface area contributed by atoms with E-state index in [0.717, 1.165) is 12.0 Å². The monoisotopic (exact) mass is 602 g/mol. The molecule has 9 nitrogen and oxygen atoms in total. The summed E-state index contributed by atoms with van der Waals surface area (Å²) < 4.78 is 17.2. The molecule has 4 unspecified atom stereocenters. The number of nitro groups is 1. The first kappa shape index (κ1) is 28.7. The number of nitrogens with zero attached hydrogens (tertiary/aromatic N) is 2. The first-order valence-electron chi connectivity index (χ1n) is 14.1. The second-order valence-corrected chi connectivity index (χ2v) is 11.7. The number of benzene rings is 3. The van der Waals surface area contributed by atoms with E-state index in [9.17, 15) is 14.9 Å². The lowest BCUT2D eigenvalue weighted by Gasteiger charge is -2.44. The van der Waals surface area contributed by atoms with Crippen LogP contribution in [0.3, 0.4) is 0 Å². The van der Waals surface area contributed by atoms with Crippen LogP contribution in [0.1, 0.15) is 54.0 Å². The van der Waals surface area contributed by atoms with Crippen molar-refractivity contribution in [1.82, 2.24) is 0 Å². The van der Waals surface area contributed by atoms with Crippen LogP contribution in [-0.2, 0) is 19.7 Å². The summed E-state index contributed by atoms with van der Waals surface area (Å²) >= 11 is 6.52. The van der Waals surface area contributed by atoms with Crippen molar-refractivity contribution in [2.75, 3.05) is 25.7 Å². The first-order chi connectivity index (χ1) is 20.6. The number of halogens is 1. The number of esters is 1. The molecule has 43 heavy (non-hydrogen) atoms. The highest BCUT2D eigenvalue weighted by atomic mass is 35.5. The van der Waals surface area contributed by atoms with Crippen LogP contribution in [0.25, 0.3) is 0 Å². The van der Waals surface area contributed by atoms with Crippen molar-refractivity contribution in [2.24, 2.45) is 0 Å². The number of rotatable bonds is 7. The van der Waals surface area contributed by atoms with Crippen molar-refractivity contribution in [3.8, 4) is 11.5 Å². The fraction of sp³-hybridized carbons (Fsp3) is 0.333. The smallest absolute Gasteiger partial charge is 0.335 e. The van der Waals surface area contributed by atoms with E-state index in [0.29, 0.717) is 51.9 Å². The van der Waals surface area contributed by atoms with Crippen LogP contribution >= 0.6 is 11.6 Å². The van der Waals surface area contributed by atoms with Gasteiger partial charge in [-0.3, -0.25) is 14.9 Å². The van der Waals surface area contributed by atoms with Gasteiger partial charge in [-0.1, -0.05) is 54.8 Å². The summed E-state index contributed by atoms with van der Waals surface area (Å²) in [6.45, 7) is 4.30. The van der Waals surface area contributed by atoms with E-state index >= 15 is 4.79 Å². The van der Waals surface area contributed by atoms with Gasteiger partial charge in [0.25, 0.3) is 5.54 Å². The third-order valence-corrected chi connectivity index (χ3v) is 9.18. The molecule has 1 spiro atoms. The lowest BCUT2D eigenvalue weighted by atomic mass is 9.60. The van der Waals surface area contributed by atoms with Gasteiger partial charge in [0.2, 0.25) is 5.91 Å². The SMILES string of the molecule is CCCCN1C(=O)C2(C(C(=O)OC)=CC3([N+](=O)[O-])C(c4cccc(OC)c4)Oc4ccc(Cl)cc4C23)c2cc(C)ccc21. The van der Waals surface area contributed by atoms with Gasteiger partial charge in [-0.05, 0) is 55.3 Å². The van der Waals surface area contributed by atoms with Gasteiger partial charge in [-0.15, -0.1) is 0 Å². The van der Waals surface area contributed by atoms with Crippen LogP contribution in [-0.4, -0.2) is 43.1 Å². The molecule has 0 saturated heterocycles. The normalized spacial score (nSPS) is 25.0. The summed E-state index contributed by atoms with van der Waals surface area (Å²) in [6, 6.07) is 17.3. The maximum absolute atomic E-state index is 15.1. The number of fused-ring (bicyclic) bond motifs is 6. The Bertz CT molecular complexity index is 1700. The quantitative estimate of drug-likeness (QED) is 0.183. The zero-order chi connectivity index (χ0) is 30.7. The molecule has 3 aromatic rings. The maximum atomic E-state index is 15.1. The molecule has 0 saturated carbocycles. The lowest BCUT2D eigenvalue weighted by Crippen LogP contribution is -2.57. The Balaban J connectivity index is 1.76. The molecule has 0 fully saturated rings. The van der Waals surface area contributed by atoms with Gasteiger partial charge in [0.1, 0.15) is 16.9 Å². The molecule has 2 aliphatic heterocycles. The number of aryl methyl sites for hydroxylation is 1. The largest absolute Gasteiger partial charge is 0.497 e. The summed E-state index contributed by atoms with van der Waals surface area (Å²) in [5, 5.41) is 14.0. The van der Waals surface area contributed by atoms with Crippen molar-refractivity contribution in [2.45, 2.75) is 49.7 Å². The summed E-state index contributed by atoms with van der Waals surface area (Å²) in [4.78, 5) is 43.7. The third kappa shape index (κ3) is 3.90. The van der Waals surface area contributed by atoms with Crippen LogP contribution in [0.5, 0.6) is 11.5 Å². The molecule has 0 radical (unpaired) electrons. The average Bonchev–Trinajstić information content (AvgIpc) is 3.46. The van der Waals surface area contributed by atoms with Gasteiger partial charge in [0, 0.05) is 39.4 Å². The van der Waals surface area contributed by atoms with Crippen LogP contribution in [0.2, 0.25) is 5.02 Å². The second kappa shape index (κ2) is 10.4. The molecule has 4 atom stereocenters. The van der Waals surface area contributed by atoms with Crippen molar-refractivity contribution >= 4 is 29.2 Å². The first-order valence-corrected chi connectivity index (χ1v) is 14.5. The molecule has 1 aliphatic carbocycles. The number of unbranched alkanes of at least 4 members (excludes halogenated alkanes) is 1. The molecule has 6 rings (SSSR count). The van der Waals surface area contributed by atoms with Gasteiger partial charge >= 0.3 is 5.97 Å². The Hall–Kier alpha value is -4.37. The number of hydrogen-bond acceptors (Lipinski definition) is 7. The third-order valence-electron chi connectivity index (χ3n) is 8.95. The van der Waals surface area contributed by atoms with Crippen LogP contribution in [0.15, 0.2) is 72.3 Å². The van der Waals surface area contributed by atoms with Crippen molar-refractivity contribution in [3.63, 3.8) is 0 Å². The summed E-state index contributed by atoms with van der Waals surface area (Å²) in [5.74, 6) is -1.62. The number of anilines is 1. The van der Waals surface area contributed by atoms with Gasteiger partial charge in [0.05, 0.1) is 25.7 Å². The van der Waals surface area contributed by atoms with E-state index in [-0.39, 0.29) is 5.57 Å². The van der Waals surface area contributed by atoms with Crippen LogP contribution in [0.4, 0.5) is 5.69 Å². The molecule has 0 aromatic heterocycles. The molecule has 0 N–H and O–H groups in total. The Kier molecular flexibility index (Phi) is 6.96. The molecule has 222 valence electrons. The number of hydrogen-bond donors (Lipinski definition) is 0. The molecule has 3 aliphatic rings. The Morgan fingerprint density at radius 3 is 2.63 bits per heavy atom. The standard InChI is InChI=1S/C33H31ClN2O7/c1-5-6-14-35-26-12-10-19(2)15-24(26)33(31(35)38)25(30(37)42-4)18-32(36(39)40)28(33)23-17-21(34)11-13-27(23)43-29(32)20-8-7-9-22(16-20)41-3/h7-13,15-18,28-29H,5-6,14H2,1-4H3. The van der Waals surface area contributed by atoms with E-state index in [1.807, 2.05) is 32.0 Å². The molecule has 1 amide bonds. The predicted molar refractivity (Wildman–Crippen MR) is 160 cm³/mol. The van der Waals surface area contributed by atoms with E-state index in [1.54, 1.807) is 47.4 Å². The molecule has 0 bridgehead atoms. The Morgan fingerprint density at radius 2 is 1.93 bits per heavy atom. The Morgan fingerprint density at radius 1 is 1.14 bits per heavy atom. The molecule has 2 heterocycles. The average molecular weight is 603 g/mol. The van der Waals surface area contributed by atoms with Crippen molar-refractivity contribution in [1.29, 1.82) is 0 Å². The summed E-state index contributed by atoms with van der Waals surface area (Å²) in [7, 11) is 2.72. The summed E-state index contributed by atoms with van der Waals surface area (Å²) in [6.07, 6.45) is 1.60. The zero-order valence-corrected chi connectivity index (χ0v) is 25.0. The fourth-order valence-corrected chi connectivity index (χ4v) is 7.33. The van der Waals surface area contributed by atoms with Crippen molar-refractivity contribution in [3.05, 3.63) is 110 Å². The zero-order valence-electron chi connectivity index (χ0n) is 24.3. The van der Waals surface area contributed by atoms with Gasteiger partial charge in [-0.2, -0.15) is 0 Å². The van der Waals surface area contributed by atoms with Crippen molar-refractivity contribution < 1.29 is 28.7 Å². The maximum Gasteiger partial charge on any atom is 0.335 e. The lowest BCUT2D eigenvalue weighted by molar-refractivity contribution is -0.574. The molecule has 10 heteroatoms. The number of ether oxygens (including phenoxy) is 3. The van der Waals surface area contributed by atoms with Crippen LogP contribution < -0.4 is 14.4 Å². The minimum absolute atomic E-state index is 0.0862. The fourth-order valence-electron chi connectivity index (χ4n) is 7.15. The van der Waals surface area contributed by atoms with Gasteiger partial charge in [-0.25, -0.2) is 4.79 Å². The topological polar surface area (TPSA) is 108 Å². The Labute approximate surface area is 254 Å². The van der Waals surface area contributed by atoms with E-state index < -0.39 is 39.8 Å². The number of amides is 1. The molecular formula is C33H31ClN2O7. The van der Waals surface area contributed by atoms with Crippen LogP contribution in [0, 0.1) is 17.0 Å². The van der Waals surface area contributed by atoms with E-state index in [1.165, 1.54) is 20.3 Å². The van der Waals surface area contributed by atoms with E-state index in [2.05, 4.69) is 0 Å². The summed E-state index contributed by atoms with van der Waals surface area (Å²) in [5.41, 5.74) is -1.16. The number of methoxy groups -OCH3 is 2. The predicted octanol–water partition coefficient (Wildman–Crippen LogP) is 6.09. The highest BCUT2D eigenvalue weighted by molar-refractivity contribution is 6.30. The molecule has 3 aromatic carbocycles. The van der Waals surface area contributed by atoms with Gasteiger partial charge in [0.15, 0.2) is 6.10 Å². The highest BCUT2D eigenvalue weighted by Gasteiger charge is 2.78. The minimum atomic E-state index is -2.11. The van der Waals surface area contributed by atoms with E-state index in [4.69, 9.17) is 25.8 Å². The number of carbonyl (C=O) groups is 2. The number of carbonyl (C=O) groups excluding carboxylic acids is 2. The highest BCUT2D eigenvalue weighted by Crippen LogP contribution is 2.68. The minimum Gasteiger partial charge on any atom is -0.497 e. The molecular weight excluding hydrogens is 572 g/mol. The second-order valence-electron chi connectivity index (χ2n) is 11.2.